The number of ether oxygens (including phenoxy) is 1. The number of carbonyl (C=O) groups excluding carboxylic acids is 1. The van der Waals surface area contributed by atoms with E-state index in [9.17, 15) is 4.79 Å². The summed E-state index contributed by atoms with van der Waals surface area (Å²) < 4.78 is 5.54. The Hall–Kier alpha value is -2.29. The van der Waals surface area contributed by atoms with Crippen molar-refractivity contribution >= 4 is 11.6 Å². The summed E-state index contributed by atoms with van der Waals surface area (Å²) in [5, 5.41) is 2.92. The summed E-state index contributed by atoms with van der Waals surface area (Å²) in [4.78, 5) is 12.2. The number of aryl methyl sites for hydroxylation is 1. The van der Waals surface area contributed by atoms with Crippen LogP contribution in [-0.4, -0.2) is 12.5 Å². The first-order valence-electron chi connectivity index (χ1n) is 6.80. The minimum Gasteiger partial charge on any atom is -0.494 e. The van der Waals surface area contributed by atoms with Gasteiger partial charge in [-0.3, -0.25) is 4.79 Å². The Morgan fingerprint density at radius 3 is 2.70 bits per heavy atom. The fraction of sp³-hybridized carbons (Fsp3) is 0.235. The van der Waals surface area contributed by atoms with Crippen LogP contribution < -0.4 is 10.1 Å². The molecule has 0 spiro atoms. The quantitative estimate of drug-likeness (QED) is 0.889. The Morgan fingerprint density at radius 1 is 1.15 bits per heavy atom. The van der Waals surface area contributed by atoms with Gasteiger partial charge in [-0.1, -0.05) is 31.2 Å². The van der Waals surface area contributed by atoms with Gasteiger partial charge >= 0.3 is 0 Å². The number of rotatable bonds is 5. The lowest BCUT2D eigenvalue weighted by molar-refractivity contribution is 0.102. The standard InChI is InChI=1S/C17H19NO2/c1-3-11-20-15-9-6-8-14(12-15)17(19)18-16-10-5-4-7-13(16)2/h4-10,12H,3,11H2,1-2H3,(H,18,19). The molecule has 0 aliphatic carbocycles. The molecule has 3 heteroatoms. The second-order valence-electron chi connectivity index (χ2n) is 4.65. The third-order valence-corrected chi connectivity index (χ3v) is 2.96. The van der Waals surface area contributed by atoms with Crippen molar-refractivity contribution in [1.29, 1.82) is 0 Å². The second-order valence-corrected chi connectivity index (χ2v) is 4.65. The van der Waals surface area contributed by atoms with E-state index in [1.165, 1.54) is 0 Å². The Kier molecular flexibility index (Phi) is 4.77. The second kappa shape index (κ2) is 6.75. The highest BCUT2D eigenvalue weighted by atomic mass is 16.5. The number of anilines is 1. The molecule has 0 aliphatic heterocycles. The molecule has 104 valence electrons. The number of amides is 1. The van der Waals surface area contributed by atoms with E-state index in [0.717, 1.165) is 23.4 Å². The van der Waals surface area contributed by atoms with Gasteiger partial charge in [0.15, 0.2) is 0 Å². The molecular weight excluding hydrogens is 250 g/mol. The molecule has 0 saturated heterocycles. The lowest BCUT2D eigenvalue weighted by atomic mass is 10.1. The van der Waals surface area contributed by atoms with Crippen LogP contribution in [0.4, 0.5) is 5.69 Å². The topological polar surface area (TPSA) is 38.3 Å². The SMILES string of the molecule is CCCOc1cccc(C(=O)Nc2ccccc2C)c1. The molecule has 2 aromatic carbocycles. The van der Waals surface area contributed by atoms with E-state index in [1.54, 1.807) is 12.1 Å². The van der Waals surface area contributed by atoms with Gasteiger partial charge in [0.1, 0.15) is 5.75 Å². The summed E-state index contributed by atoms with van der Waals surface area (Å²) in [6.45, 7) is 4.67. The molecule has 1 N–H and O–H groups in total. The summed E-state index contributed by atoms with van der Waals surface area (Å²) in [7, 11) is 0. The largest absolute Gasteiger partial charge is 0.494 e. The highest BCUT2D eigenvalue weighted by Crippen LogP contribution is 2.17. The molecular formula is C17H19NO2. The Bertz CT molecular complexity index is 593. The number of benzene rings is 2. The Morgan fingerprint density at radius 2 is 1.95 bits per heavy atom. The average Bonchev–Trinajstić information content (AvgIpc) is 2.48. The van der Waals surface area contributed by atoms with E-state index in [4.69, 9.17) is 4.74 Å². The van der Waals surface area contributed by atoms with E-state index >= 15 is 0 Å². The molecule has 20 heavy (non-hydrogen) atoms. The predicted molar refractivity (Wildman–Crippen MR) is 81.4 cm³/mol. The van der Waals surface area contributed by atoms with Crippen molar-refractivity contribution in [3.8, 4) is 5.75 Å². The maximum Gasteiger partial charge on any atom is 0.255 e. The van der Waals surface area contributed by atoms with Gasteiger partial charge in [-0.25, -0.2) is 0 Å². The molecule has 3 nitrogen and oxygen atoms in total. The van der Waals surface area contributed by atoms with Crippen LogP contribution in [0.25, 0.3) is 0 Å². The summed E-state index contributed by atoms with van der Waals surface area (Å²) in [5.74, 6) is 0.602. The van der Waals surface area contributed by atoms with Gasteiger partial charge in [0.25, 0.3) is 5.91 Å². The van der Waals surface area contributed by atoms with Crippen LogP contribution in [0.5, 0.6) is 5.75 Å². The molecule has 1 amide bonds. The minimum absolute atomic E-state index is 0.124. The third kappa shape index (κ3) is 3.60. The van der Waals surface area contributed by atoms with Crippen LogP contribution in [0, 0.1) is 6.92 Å². The zero-order valence-electron chi connectivity index (χ0n) is 11.8. The van der Waals surface area contributed by atoms with Crippen molar-refractivity contribution in [3.05, 3.63) is 59.7 Å². The van der Waals surface area contributed by atoms with E-state index in [0.29, 0.717) is 12.2 Å². The van der Waals surface area contributed by atoms with Gasteiger partial charge in [-0.05, 0) is 43.2 Å². The molecule has 0 atom stereocenters. The fourth-order valence-electron chi connectivity index (χ4n) is 1.85. The molecule has 0 radical (unpaired) electrons. The minimum atomic E-state index is -0.124. The van der Waals surface area contributed by atoms with Crippen LogP contribution in [0.15, 0.2) is 48.5 Å². The lowest BCUT2D eigenvalue weighted by Gasteiger charge is -2.09. The molecule has 0 aromatic heterocycles. The normalized spacial score (nSPS) is 10.1. The van der Waals surface area contributed by atoms with Gasteiger partial charge in [-0.15, -0.1) is 0 Å². The zero-order chi connectivity index (χ0) is 14.4. The maximum absolute atomic E-state index is 12.2. The van der Waals surface area contributed by atoms with Gasteiger partial charge in [0.05, 0.1) is 6.61 Å². The number of hydrogen-bond acceptors (Lipinski definition) is 2. The third-order valence-electron chi connectivity index (χ3n) is 2.96. The van der Waals surface area contributed by atoms with Crippen molar-refractivity contribution in [2.45, 2.75) is 20.3 Å². The summed E-state index contributed by atoms with van der Waals surface area (Å²) >= 11 is 0. The zero-order valence-corrected chi connectivity index (χ0v) is 11.8. The van der Waals surface area contributed by atoms with Crippen molar-refractivity contribution in [3.63, 3.8) is 0 Å². The number of carbonyl (C=O) groups is 1. The molecule has 0 fully saturated rings. The molecule has 0 aliphatic rings. The highest BCUT2D eigenvalue weighted by molar-refractivity contribution is 6.04. The lowest BCUT2D eigenvalue weighted by Crippen LogP contribution is -2.12. The van der Waals surface area contributed by atoms with Gasteiger partial charge < -0.3 is 10.1 Å². The molecule has 0 unspecified atom stereocenters. The first kappa shape index (κ1) is 14.1. The Labute approximate surface area is 119 Å². The smallest absolute Gasteiger partial charge is 0.255 e. The average molecular weight is 269 g/mol. The van der Waals surface area contributed by atoms with Gasteiger partial charge in [0.2, 0.25) is 0 Å². The van der Waals surface area contributed by atoms with Crippen molar-refractivity contribution < 1.29 is 9.53 Å². The van der Waals surface area contributed by atoms with Crippen molar-refractivity contribution in [2.24, 2.45) is 0 Å². The first-order chi connectivity index (χ1) is 9.70. The Balaban J connectivity index is 2.11. The summed E-state index contributed by atoms with van der Waals surface area (Å²) in [6, 6.07) is 15.0. The molecule has 2 rings (SSSR count). The van der Waals surface area contributed by atoms with Gasteiger partial charge in [0, 0.05) is 11.3 Å². The summed E-state index contributed by atoms with van der Waals surface area (Å²) in [5.41, 5.74) is 2.47. The van der Waals surface area contributed by atoms with Crippen LogP contribution in [0.2, 0.25) is 0 Å². The van der Waals surface area contributed by atoms with Crippen LogP contribution in [0.1, 0.15) is 29.3 Å². The number of nitrogens with one attached hydrogen (secondary N) is 1. The maximum atomic E-state index is 12.2. The number of para-hydroxylation sites is 1. The first-order valence-corrected chi connectivity index (χ1v) is 6.80. The van der Waals surface area contributed by atoms with Crippen LogP contribution >= 0.6 is 0 Å². The van der Waals surface area contributed by atoms with E-state index in [2.05, 4.69) is 12.2 Å². The molecule has 2 aromatic rings. The summed E-state index contributed by atoms with van der Waals surface area (Å²) in [6.07, 6.45) is 0.944. The van der Waals surface area contributed by atoms with E-state index < -0.39 is 0 Å². The molecule has 0 saturated carbocycles. The fourth-order valence-corrected chi connectivity index (χ4v) is 1.85. The predicted octanol–water partition coefficient (Wildman–Crippen LogP) is 4.04. The van der Waals surface area contributed by atoms with Crippen LogP contribution in [-0.2, 0) is 0 Å². The molecule has 0 bridgehead atoms. The van der Waals surface area contributed by atoms with Crippen molar-refractivity contribution in [1.82, 2.24) is 0 Å². The van der Waals surface area contributed by atoms with E-state index in [1.807, 2.05) is 43.3 Å². The van der Waals surface area contributed by atoms with Crippen LogP contribution in [0.3, 0.4) is 0 Å². The number of hydrogen-bond donors (Lipinski definition) is 1. The van der Waals surface area contributed by atoms with Gasteiger partial charge in [-0.2, -0.15) is 0 Å². The monoisotopic (exact) mass is 269 g/mol. The van der Waals surface area contributed by atoms with E-state index in [-0.39, 0.29) is 5.91 Å². The molecule has 0 heterocycles. The highest BCUT2D eigenvalue weighted by Gasteiger charge is 2.08. The van der Waals surface area contributed by atoms with Crippen molar-refractivity contribution in [2.75, 3.05) is 11.9 Å².